The van der Waals surface area contributed by atoms with Gasteiger partial charge in [0.25, 0.3) is 5.56 Å². The van der Waals surface area contributed by atoms with E-state index in [4.69, 9.17) is 16.3 Å². The summed E-state index contributed by atoms with van der Waals surface area (Å²) < 4.78 is 7.13. The molecule has 0 bridgehead atoms. The molecular weight excluding hydrogens is 414 g/mol. The number of piperazine rings is 1. The van der Waals surface area contributed by atoms with Crippen LogP contribution < -0.4 is 10.5 Å². The van der Waals surface area contributed by atoms with Gasteiger partial charge < -0.3 is 9.64 Å². The summed E-state index contributed by atoms with van der Waals surface area (Å²) in [4.78, 5) is 22.1. The lowest BCUT2D eigenvalue weighted by Crippen LogP contribution is -2.53. The lowest BCUT2D eigenvalue weighted by molar-refractivity contribution is -0.0424. The largest absolute Gasteiger partial charge is 0.364 e. The molecule has 2 saturated heterocycles. The van der Waals surface area contributed by atoms with Crippen LogP contribution in [0.5, 0.6) is 0 Å². The number of anilines is 1. The molecule has 4 rings (SSSR count). The monoisotopic (exact) mass is 445 g/mol. The lowest BCUT2D eigenvalue weighted by Gasteiger charge is -2.44. The summed E-state index contributed by atoms with van der Waals surface area (Å²) in [6.45, 7) is 9.78. The fourth-order valence-corrected chi connectivity index (χ4v) is 5.02. The summed E-state index contributed by atoms with van der Waals surface area (Å²) in [5, 5.41) is 4.66. The van der Waals surface area contributed by atoms with Gasteiger partial charge in [0, 0.05) is 50.2 Å². The van der Waals surface area contributed by atoms with E-state index in [0.29, 0.717) is 18.3 Å². The van der Waals surface area contributed by atoms with Gasteiger partial charge in [-0.05, 0) is 51.2 Å². The first kappa shape index (κ1) is 22.2. The Morgan fingerprint density at radius 3 is 2.87 bits per heavy atom. The Balaban J connectivity index is 1.50. The Morgan fingerprint density at radius 1 is 1.32 bits per heavy atom. The molecule has 0 N–H and O–H groups in total. The molecule has 0 saturated carbocycles. The van der Waals surface area contributed by atoms with Crippen LogP contribution in [0.4, 0.5) is 5.69 Å². The van der Waals surface area contributed by atoms with Crippen molar-refractivity contribution in [2.24, 2.45) is 0 Å². The zero-order valence-corrected chi connectivity index (χ0v) is 19.4. The van der Waals surface area contributed by atoms with Crippen LogP contribution in [0.2, 0.25) is 5.02 Å². The zero-order chi connectivity index (χ0) is 22.0. The van der Waals surface area contributed by atoms with Crippen molar-refractivity contribution in [1.29, 1.82) is 0 Å². The van der Waals surface area contributed by atoms with Gasteiger partial charge in [-0.1, -0.05) is 24.6 Å². The van der Waals surface area contributed by atoms with Gasteiger partial charge >= 0.3 is 0 Å². The highest BCUT2D eigenvalue weighted by molar-refractivity contribution is 6.33. The van der Waals surface area contributed by atoms with E-state index < -0.39 is 0 Å². The predicted molar refractivity (Wildman–Crippen MR) is 123 cm³/mol. The first-order chi connectivity index (χ1) is 15.0. The van der Waals surface area contributed by atoms with Gasteiger partial charge in [0.1, 0.15) is 5.02 Å². The number of pyridine rings is 1. The number of halogens is 1. The Bertz CT molecular complexity index is 959. The molecule has 2 aliphatic rings. The van der Waals surface area contributed by atoms with Gasteiger partial charge in [-0.15, -0.1) is 0 Å². The van der Waals surface area contributed by atoms with Gasteiger partial charge in [-0.3, -0.25) is 14.7 Å². The quantitative estimate of drug-likeness (QED) is 0.697. The van der Waals surface area contributed by atoms with Crippen molar-refractivity contribution >= 4 is 17.3 Å². The van der Waals surface area contributed by atoms with E-state index in [1.807, 2.05) is 12.3 Å². The van der Waals surface area contributed by atoms with Crippen molar-refractivity contribution in [1.82, 2.24) is 19.7 Å². The minimum atomic E-state index is -0.310. The molecule has 2 unspecified atom stereocenters. The molecule has 2 aromatic heterocycles. The number of rotatable bonds is 5. The summed E-state index contributed by atoms with van der Waals surface area (Å²) in [6, 6.07) is 4.69. The van der Waals surface area contributed by atoms with Gasteiger partial charge in [-0.2, -0.15) is 9.78 Å². The summed E-state index contributed by atoms with van der Waals surface area (Å²) >= 11 is 6.56. The molecule has 168 valence electrons. The van der Waals surface area contributed by atoms with Crippen LogP contribution in [-0.2, 0) is 11.2 Å². The molecule has 0 aliphatic carbocycles. The number of ether oxygens (including phenoxy) is 1. The second kappa shape index (κ2) is 9.67. The minimum Gasteiger partial charge on any atom is -0.364 e. The Labute approximate surface area is 189 Å². The molecule has 0 radical (unpaired) electrons. The van der Waals surface area contributed by atoms with Crippen molar-refractivity contribution in [2.45, 2.75) is 64.8 Å². The van der Waals surface area contributed by atoms with Gasteiger partial charge in [0.15, 0.2) is 6.23 Å². The van der Waals surface area contributed by atoms with Crippen LogP contribution in [0.25, 0.3) is 0 Å². The molecular formula is C23H32ClN5O2. The third kappa shape index (κ3) is 4.49. The Hall–Kier alpha value is -1.96. The second-order valence-corrected chi connectivity index (χ2v) is 8.90. The molecule has 7 nitrogen and oxygen atoms in total. The number of aryl methyl sites for hydroxylation is 1. The van der Waals surface area contributed by atoms with E-state index in [-0.39, 0.29) is 22.9 Å². The highest BCUT2D eigenvalue weighted by atomic mass is 35.5. The SMILES string of the molecule is CCc1ncccc1C(C)N1CCN(c2cnn(C3CCCCO3)c(=O)c2Cl)[C@H](C)C1. The van der Waals surface area contributed by atoms with Crippen LogP contribution in [0, 0.1) is 0 Å². The molecule has 0 spiro atoms. The Morgan fingerprint density at radius 2 is 2.16 bits per heavy atom. The maximum Gasteiger partial charge on any atom is 0.290 e. The van der Waals surface area contributed by atoms with E-state index in [1.54, 1.807) is 6.20 Å². The summed E-state index contributed by atoms with van der Waals surface area (Å²) in [5.74, 6) is 0. The van der Waals surface area contributed by atoms with Crippen molar-refractivity contribution < 1.29 is 4.74 Å². The Kier molecular flexibility index (Phi) is 6.94. The van der Waals surface area contributed by atoms with Crippen molar-refractivity contribution in [3.63, 3.8) is 0 Å². The highest BCUT2D eigenvalue weighted by Crippen LogP contribution is 2.30. The number of hydrogen-bond acceptors (Lipinski definition) is 6. The number of aromatic nitrogens is 3. The average Bonchev–Trinajstić information content (AvgIpc) is 2.81. The maximum atomic E-state index is 12.9. The maximum absolute atomic E-state index is 12.9. The van der Waals surface area contributed by atoms with Crippen LogP contribution in [-0.4, -0.2) is 51.9 Å². The van der Waals surface area contributed by atoms with Crippen LogP contribution in [0.1, 0.15) is 63.6 Å². The van der Waals surface area contributed by atoms with Crippen LogP contribution in [0.3, 0.4) is 0 Å². The first-order valence-electron chi connectivity index (χ1n) is 11.3. The first-order valence-corrected chi connectivity index (χ1v) is 11.7. The molecule has 2 aliphatic heterocycles. The van der Waals surface area contributed by atoms with Gasteiger partial charge in [0.2, 0.25) is 0 Å². The lowest BCUT2D eigenvalue weighted by atomic mass is 10.0. The van der Waals surface area contributed by atoms with E-state index >= 15 is 0 Å². The highest BCUT2D eigenvalue weighted by Gasteiger charge is 2.31. The summed E-state index contributed by atoms with van der Waals surface area (Å²) in [7, 11) is 0. The van der Waals surface area contributed by atoms with E-state index in [2.05, 4.69) is 46.7 Å². The average molecular weight is 446 g/mol. The second-order valence-electron chi connectivity index (χ2n) is 8.52. The molecule has 2 fully saturated rings. The molecule has 0 amide bonds. The molecule has 31 heavy (non-hydrogen) atoms. The van der Waals surface area contributed by atoms with Gasteiger partial charge in [-0.25, -0.2) is 0 Å². The standard InChI is InChI=1S/C23H32ClN5O2/c1-4-19-18(8-7-10-25-19)17(3)27-11-12-28(16(2)15-27)20-14-26-29(23(30)22(20)24)21-9-5-6-13-31-21/h7-8,10,14,16-17,21H,4-6,9,11-13,15H2,1-3H3/t16-,17?,21?/m1/s1. The third-order valence-corrected chi connectivity index (χ3v) is 6.94. The fourth-order valence-electron chi connectivity index (χ4n) is 4.78. The van der Waals surface area contributed by atoms with E-state index in [1.165, 1.54) is 10.2 Å². The minimum absolute atomic E-state index is 0.207. The van der Waals surface area contributed by atoms with Gasteiger partial charge in [0.05, 0.1) is 11.9 Å². The molecule has 4 heterocycles. The molecule has 2 aromatic rings. The number of nitrogens with zero attached hydrogens (tertiary/aromatic N) is 5. The van der Waals surface area contributed by atoms with Crippen molar-refractivity contribution in [3.05, 3.63) is 51.2 Å². The van der Waals surface area contributed by atoms with Crippen LogP contribution >= 0.6 is 11.6 Å². The molecule has 8 heteroatoms. The van der Waals surface area contributed by atoms with E-state index in [9.17, 15) is 4.79 Å². The van der Waals surface area contributed by atoms with Crippen LogP contribution in [0.15, 0.2) is 29.3 Å². The van der Waals surface area contributed by atoms with Crippen molar-refractivity contribution in [2.75, 3.05) is 31.1 Å². The van der Waals surface area contributed by atoms with Crippen molar-refractivity contribution in [3.8, 4) is 0 Å². The third-order valence-electron chi connectivity index (χ3n) is 6.58. The van der Waals surface area contributed by atoms with E-state index in [0.717, 1.165) is 51.0 Å². The smallest absolute Gasteiger partial charge is 0.290 e. The fraction of sp³-hybridized carbons (Fsp3) is 0.609. The molecule has 0 aromatic carbocycles. The molecule has 3 atom stereocenters. The number of hydrogen-bond donors (Lipinski definition) is 0. The normalized spacial score (nSPS) is 23.7. The predicted octanol–water partition coefficient (Wildman–Crippen LogP) is 3.82. The topological polar surface area (TPSA) is 63.5 Å². The zero-order valence-electron chi connectivity index (χ0n) is 18.6. The summed E-state index contributed by atoms with van der Waals surface area (Å²) in [5.41, 5.74) is 2.90. The summed E-state index contributed by atoms with van der Waals surface area (Å²) in [6.07, 6.45) is 7.07.